The minimum atomic E-state index is -1.03. The molecule has 1 heterocycles. The van der Waals surface area contributed by atoms with Gasteiger partial charge in [0.15, 0.2) is 0 Å². The first kappa shape index (κ1) is 8.83. The summed E-state index contributed by atoms with van der Waals surface area (Å²) in [6.45, 7) is 0.282. The largest absolute Gasteiger partial charge is 0.490 e. The van der Waals surface area contributed by atoms with E-state index in [9.17, 15) is 4.79 Å². The zero-order valence-electron chi connectivity index (χ0n) is 7.36. The lowest BCUT2D eigenvalue weighted by molar-refractivity contribution is 0.0693. The Balaban J connectivity index is 2.64. The Bertz CT molecular complexity index is 403. The van der Waals surface area contributed by atoms with Crippen LogP contribution in [0.5, 0.6) is 5.75 Å². The molecule has 0 bridgehead atoms. The second-order valence-electron chi connectivity index (χ2n) is 3.17. The highest BCUT2D eigenvalue weighted by atomic mass is 16.5. The number of carbonyl (C=O) groups is 1. The van der Waals surface area contributed by atoms with Crippen molar-refractivity contribution in [2.75, 3.05) is 12.3 Å². The average Bonchev–Trinajstić information content (AvgIpc) is 2.49. The van der Waals surface area contributed by atoms with Crippen molar-refractivity contribution in [3.8, 4) is 5.75 Å². The van der Waals surface area contributed by atoms with Crippen molar-refractivity contribution in [3.05, 3.63) is 23.3 Å². The van der Waals surface area contributed by atoms with Crippen LogP contribution in [0.15, 0.2) is 12.1 Å². The predicted octanol–water partition coefficient (Wildman–Crippen LogP) is 0.359. The lowest BCUT2D eigenvalue weighted by Crippen LogP contribution is -2.12. The normalized spacial score (nSPS) is 18.8. The molecule has 0 saturated heterocycles. The SMILES string of the molecule is Nc1ccc(C(=O)O)c2c1[C@@H](N)CO2. The number of nitrogen functional groups attached to an aromatic ring is 1. The Morgan fingerprint density at radius 1 is 1.57 bits per heavy atom. The molecule has 1 aliphatic heterocycles. The molecule has 1 aromatic carbocycles. The van der Waals surface area contributed by atoms with Crippen LogP contribution in [0.4, 0.5) is 5.69 Å². The van der Waals surface area contributed by atoms with Crippen molar-refractivity contribution in [2.45, 2.75) is 6.04 Å². The van der Waals surface area contributed by atoms with Gasteiger partial charge >= 0.3 is 5.97 Å². The molecule has 0 fully saturated rings. The van der Waals surface area contributed by atoms with Crippen LogP contribution in [0.3, 0.4) is 0 Å². The zero-order valence-corrected chi connectivity index (χ0v) is 7.36. The van der Waals surface area contributed by atoms with Crippen molar-refractivity contribution in [1.82, 2.24) is 0 Å². The summed E-state index contributed by atoms with van der Waals surface area (Å²) in [7, 11) is 0. The topological polar surface area (TPSA) is 98.6 Å². The van der Waals surface area contributed by atoms with E-state index in [-0.39, 0.29) is 18.2 Å². The van der Waals surface area contributed by atoms with Gasteiger partial charge < -0.3 is 21.3 Å². The maximum atomic E-state index is 10.8. The van der Waals surface area contributed by atoms with Crippen LogP contribution in [-0.2, 0) is 0 Å². The van der Waals surface area contributed by atoms with Gasteiger partial charge in [0.2, 0.25) is 0 Å². The summed E-state index contributed by atoms with van der Waals surface area (Å²) in [4.78, 5) is 10.8. The molecule has 1 aliphatic rings. The zero-order chi connectivity index (χ0) is 10.3. The van der Waals surface area contributed by atoms with Gasteiger partial charge in [-0.05, 0) is 12.1 Å². The minimum absolute atomic E-state index is 0.113. The molecule has 5 heteroatoms. The van der Waals surface area contributed by atoms with Crippen LogP contribution in [0, 0.1) is 0 Å². The molecular weight excluding hydrogens is 184 g/mol. The summed E-state index contributed by atoms with van der Waals surface area (Å²) in [5.74, 6) is -0.722. The Labute approximate surface area is 80.3 Å². The Morgan fingerprint density at radius 2 is 2.29 bits per heavy atom. The number of nitrogens with two attached hydrogens (primary N) is 2. The number of rotatable bonds is 1. The van der Waals surface area contributed by atoms with Crippen LogP contribution < -0.4 is 16.2 Å². The van der Waals surface area contributed by atoms with Crippen molar-refractivity contribution >= 4 is 11.7 Å². The number of aromatic carboxylic acids is 1. The molecular formula is C9H10N2O3. The quantitative estimate of drug-likeness (QED) is 0.560. The fourth-order valence-electron chi connectivity index (χ4n) is 1.58. The fraction of sp³-hybridized carbons (Fsp3) is 0.222. The van der Waals surface area contributed by atoms with Gasteiger partial charge in [0.25, 0.3) is 0 Å². The van der Waals surface area contributed by atoms with Gasteiger partial charge in [-0.15, -0.1) is 0 Å². The van der Waals surface area contributed by atoms with Crippen LogP contribution in [0.25, 0.3) is 0 Å². The first-order valence-corrected chi connectivity index (χ1v) is 4.15. The number of hydrogen-bond donors (Lipinski definition) is 3. The number of ether oxygens (including phenoxy) is 1. The molecule has 0 unspecified atom stereocenters. The van der Waals surface area contributed by atoms with E-state index in [0.29, 0.717) is 17.0 Å². The van der Waals surface area contributed by atoms with Gasteiger partial charge in [0.1, 0.15) is 17.9 Å². The Kier molecular flexibility index (Phi) is 1.82. The molecule has 2 rings (SSSR count). The molecule has 74 valence electrons. The maximum Gasteiger partial charge on any atom is 0.339 e. The first-order valence-electron chi connectivity index (χ1n) is 4.15. The van der Waals surface area contributed by atoms with Gasteiger partial charge in [-0.1, -0.05) is 0 Å². The summed E-state index contributed by atoms with van der Waals surface area (Å²) in [6.07, 6.45) is 0. The van der Waals surface area contributed by atoms with E-state index in [4.69, 9.17) is 21.3 Å². The molecule has 1 aromatic rings. The molecule has 5 nitrogen and oxygen atoms in total. The molecule has 0 radical (unpaired) electrons. The maximum absolute atomic E-state index is 10.8. The highest BCUT2D eigenvalue weighted by Gasteiger charge is 2.28. The number of carboxylic acid groups (broad SMARTS) is 1. The third kappa shape index (κ3) is 1.10. The van der Waals surface area contributed by atoms with Gasteiger partial charge in [0.05, 0.1) is 6.04 Å². The number of anilines is 1. The lowest BCUT2D eigenvalue weighted by atomic mass is 10.0. The second-order valence-corrected chi connectivity index (χ2v) is 3.17. The highest BCUT2D eigenvalue weighted by molar-refractivity contribution is 5.93. The second kappa shape index (κ2) is 2.88. The van der Waals surface area contributed by atoms with Crippen LogP contribution in [0.2, 0.25) is 0 Å². The van der Waals surface area contributed by atoms with Crippen molar-refractivity contribution < 1.29 is 14.6 Å². The Morgan fingerprint density at radius 3 is 2.93 bits per heavy atom. The number of benzene rings is 1. The van der Waals surface area contributed by atoms with Crippen molar-refractivity contribution in [1.29, 1.82) is 0 Å². The van der Waals surface area contributed by atoms with Crippen molar-refractivity contribution in [3.63, 3.8) is 0 Å². The monoisotopic (exact) mass is 194 g/mol. The van der Waals surface area contributed by atoms with Gasteiger partial charge in [-0.2, -0.15) is 0 Å². The molecule has 0 aromatic heterocycles. The standard InChI is InChI=1S/C9H10N2O3/c10-5-2-1-4(9(12)13)8-7(5)6(11)3-14-8/h1-2,6H,3,10-11H2,(H,12,13)/t6-/m0/s1. The van der Waals surface area contributed by atoms with E-state index >= 15 is 0 Å². The van der Waals surface area contributed by atoms with Crippen molar-refractivity contribution in [2.24, 2.45) is 5.73 Å². The van der Waals surface area contributed by atoms with E-state index in [1.807, 2.05) is 0 Å². The molecule has 0 saturated carbocycles. The lowest BCUT2D eigenvalue weighted by Gasteiger charge is -2.07. The van der Waals surface area contributed by atoms with E-state index in [0.717, 1.165) is 0 Å². The van der Waals surface area contributed by atoms with E-state index in [2.05, 4.69) is 0 Å². The molecule has 5 N–H and O–H groups in total. The number of fused-ring (bicyclic) bond motifs is 1. The van der Waals surface area contributed by atoms with Gasteiger partial charge in [-0.25, -0.2) is 4.79 Å². The average molecular weight is 194 g/mol. The number of carboxylic acids is 1. The Hall–Kier alpha value is -1.75. The van der Waals surface area contributed by atoms with Gasteiger partial charge in [-0.3, -0.25) is 0 Å². The summed E-state index contributed by atoms with van der Waals surface area (Å²) in [6, 6.07) is 2.63. The summed E-state index contributed by atoms with van der Waals surface area (Å²) in [5.41, 5.74) is 12.6. The molecule has 14 heavy (non-hydrogen) atoms. The number of hydrogen-bond acceptors (Lipinski definition) is 4. The fourth-order valence-corrected chi connectivity index (χ4v) is 1.58. The summed E-state index contributed by atoms with van der Waals surface area (Å²) < 4.78 is 5.20. The van der Waals surface area contributed by atoms with Crippen LogP contribution in [-0.4, -0.2) is 17.7 Å². The first-order chi connectivity index (χ1) is 6.61. The molecule has 0 spiro atoms. The van der Waals surface area contributed by atoms with E-state index < -0.39 is 5.97 Å². The predicted molar refractivity (Wildman–Crippen MR) is 50.2 cm³/mol. The molecule has 1 atom stereocenters. The highest BCUT2D eigenvalue weighted by Crippen LogP contribution is 2.38. The van der Waals surface area contributed by atoms with Crippen LogP contribution >= 0.6 is 0 Å². The van der Waals surface area contributed by atoms with Crippen LogP contribution in [0.1, 0.15) is 22.0 Å². The minimum Gasteiger partial charge on any atom is -0.490 e. The smallest absolute Gasteiger partial charge is 0.339 e. The molecule has 0 amide bonds. The van der Waals surface area contributed by atoms with Gasteiger partial charge in [0, 0.05) is 11.3 Å². The summed E-state index contributed by atoms with van der Waals surface area (Å²) >= 11 is 0. The third-order valence-electron chi connectivity index (χ3n) is 2.24. The van der Waals surface area contributed by atoms with E-state index in [1.165, 1.54) is 12.1 Å². The van der Waals surface area contributed by atoms with E-state index in [1.54, 1.807) is 0 Å². The third-order valence-corrected chi connectivity index (χ3v) is 2.24. The molecule has 0 aliphatic carbocycles. The summed E-state index contributed by atoms with van der Waals surface area (Å²) in [5, 5.41) is 8.86.